The number of aryl methyl sites for hydroxylation is 2. The van der Waals surface area contributed by atoms with Gasteiger partial charge in [-0.15, -0.1) is 0 Å². The summed E-state index contributed by atoms with van der Waals surface area (Å²) >= 11 is 5.93. The van der Waals surface area contributed by atoms with Gasteiger partial charge >= 0.3 is 0 Å². The Morgan fingerprint density at radius 3 is 2.67 bits per heavy atom. The molecule has 0 heterocycles. The van der Waals surface area contributed by atoms with Crippen molar-refractivity contribution >= 4 is 23.2 Å². The number of halogens is 1. The monoisotopic (exact) mass is 303 g/mol. The molecule has 0 saturated carbocycles. The van der Waals surface area contributed by atoms with Crippen LogP contribution >= 0.6 is 11.6 Å². The number of carbonyl (C=O) groups is 1. The van der Waals surface area contributed by atoms with Crippen LogP contribution in [0.15, 0.2) is 42.5 Å². The summed E-state index contributed by atoms with van der Waals surface area (Å²) in [6.07, 6.45) is 0.292. The molecule has 0 aromatic heterocycles. The van der Waals surface area contributed by atoms with E-state index in [1.165, 1.54) is 0 Å². The quantitative estimate of drug-likeness (QED) is 0.891. The van der Waals surface area contributed by atoms with Gasteiger partial charge in [0.15, 0.2) is 0 Å². The standard InChI is InChI=1S/C17H18ClNO2/c1-12-7-8-14(18)11-15(12)19-17(20)9-10-21-16-6-4-3-5-13(16)2/h3-8,11H,9-10H2,1-2H3,(H,19,20). The summed E-state index contributed by atoms with van der Waals surface area (Å²) in [5.41, 5.74) is 2.78. The van der Waals surface area contributed by atoms with E-state index in [1.54, 1.807) is 12.1 Å². The second-order valence-electron chi connectivity index (χ2n) is 4.87. The van der Waals surface area contributed by atoms with Crippen molar-refractivity contribution in [3.05, 3.63) is 58.6 Å². The molecule has 0 saturated heterocycles. The van der Waals surface area contributed by atoms with Crippen molar-refractivity contribution in [2.75, 3.05) is 11.9 Å². The average Bonchev–Trinajstić information content (AvgIpc) is 2.45. The van der Waals surface area contributed by atoms with Gasteiger partial charge in [0.25, 0.3) is 0 Å². The molecule has 21 heavy (non-hydrogen) atoms. The fraction of sp³-hybridized carbons (Fsp3) is 0.235. The molecule has 0 aliphatic heterocycles. The van der Waals surface area contributed by atoms with Crippen molar-refractivity contribution in [2.24, 2.45) is 0 Å². The SMILES string of the molecule is Cc1ccc(Cl)cc1NC(=O)CCOc1ccccc1C. The lowest BCUT2D eigenvalue weighted by atomic mass is 10.2. The number of hydrogen-bond acceptors (Lipinski definition) is 2. The van der Waals surface area contributed by atoms with Crippen LogP contribution in [0.4, 0.5) is 5.69 Å². The van der Waals surface area contributed by atoms with Crippen molar-refractivity contribution in [2.45, 2.75) is 20.3 Å². The van der Waals surface area contributed by atoms with E-state index in [2.05, 4.69) is 5.32 Å². The number of amides is 1. The number of ether oxygens (including phenoxy) is 1. The molecule has 2 rings (SSSR count). The number of anilines is 1. The first-order chi connectivity index (χ1) is 10.1. The van der Waals surface area contributed by atoms with E-state index in [1.807, 2.05) is 44.2 Å². The van der Waals surface area contributed by atoms with Crippen molar-refractivity contribution < 1.29 is 9.53 Å². The Labute approximate surface area is 129 Å². The largest absolute Gasteiger partial charge is 0.493 e. The van der Waals surface area contributed by atoms with E-state index in [4.69, 9.17) is 16.3 Å². The first kappa shape index (κ1) is 15.4. The average molecular weight is 304 g/mol. The topological polar surface area (TPSA) is 38.3 Å². The third-order valence-corrected chi connectivity index (χ3v) is 3.39. The van der Waals surface area contributed by atoms with Crippen LogP contribution in [-0.4, -0.2) is 12.5 Å². The zero-order chi connectivity index (χ0) is 15.2. The number of para-hydroxylation sites is 1. The van der Waals surface area contributed by atoms with E-state index in [0.29, 0.717) is 18.1 Å². The van der Waals surface area contributed by atoms with E-state index >= 15 is 0 Å². The molecule has 4 heteroatoms. The summed E-state index contributed by atoms with van der Waals surface area (Å²) in [7, 11) is 0. The molecular weight excluding hydrogens is 286 g/mol. The Morgan fingerprint density at radius 1 is 1.14 bits per heavy atom. The van der Waals surface area contributed by atoms with Gasteiger partial charge in [0.05, 0.1) is 13.0 Å². The molecule has 0 radical (unpaired) electrons. The first-order valence-corrected chi connectivity index (χ1v) is 7.18. The maximum Gasteiger partial charge on any atom is 0.227 e. The van der Waals surface area contributed by atoms with Crippen LogP contribution in [0.2, 0.25) is 5.02 Å². The second-order valence-corrected chi connectivity index (χ2v) is 5.31. The molecule has 0 unspecified atom stereocenters. The molecule has 0 fully saturated rings. The normalized spacial score (nSPS) is 10.2. The zero-order valence-electron chi connectivity index (χ0n) is 12.2. The first-order valence-electron chi connectivity index (χ1n) is 6.80. The van der Waals surface area contributed by atoms with Crippen molar-refractivity contribution in [3.63, 3.8) is 0 Å². The Hall–Kier alpha value is -2.00. The van der Waals surface area contributed by atoms with Crippen LogP contribution in [0, 0.1) is 13.8 Å². The lowest BCUT2D eigenvalue weighted by molar-refractivity contribution is -0.116. The van der Waals surface area contributed by atoms with Gasteiger partial charge in [-0.3, -0.25) is 4.79 Å². The highest BCUT2D eigenvalue weighted by atomic mass is 35.5. The minimum Gasteiger partial charge on any atom is -0.493 e. The smallest absolute Gasteiger partial charge is 0.227 e. The minimum atomic E-state index is -0.0889. The van der Waals surface area contributed by atoms with Crippen LogP contribution in [0.3, 0.4) is 0 Å². The van der Waals surface area contributed by atoms with Crippen LogP contribution < -0.4 is 10.1 Å². The van der Waals surface area contributed by atoms with Crippen LogP contribution in [-0.2, 0) is 4.79 Å². The van der Waals surface area contributed by atoms with Gasteiger partial charge in [-0.2, -0.15) is 0 Å². The summed E-state index contributed by atoms with van der Waals surface area (Å²) in [5.74, 6) is 0.721. The van der Waals surface area contributed by atoms with Gasteiger partial charge in [0, 0.05) is 10.7 Å². The van der Waals surface area contributed by atoms with Crippen LogP contribution in [0.1, 0.15) is 17.5 Å². The van der Waals surface area contributed by atoms with E-state index < -0.39 is 0 Å². The lowest BCUT2D eigenvalue weighted by Crippen LogP contribution is -2.16. The maximum atomic E-state index is 11.9. The summed E-state index contributed by atoms with van der Waals surface area (Å²) < 4.78 is 5.61. The molecule has 1 amide bonds. The zero-order valence-corrected chi connectivity index (χ0v) is 12.9. The van der Waals surface area contributed by atoms with Crippen molar-refractivity contribution in [1.82, 2.24) is 0 Å². The molecule has 0 aliphatic rings. The number of carbonyl (C=O) groups excluding carboxylic acids is 1. The molecule has 0 atom stereocenters. The molecule has 2 aromatic rings. The molecule has 3 nitrogen and oxygen atoms in total. The summed E-state index contributed by atoms with van der Waals surface area (Å²) in [5, 5.41) is 3.45. The lowest BCUT2D eigenvalue weighted by Gasteiger charge is -2.10. The number of hydrogen-bond donors (Lipinski definition) is 1. The van der Waals surface area contributed by atoms with Gasteiger partial charge < -0.3 is 10.1 Å². The minimum absolute atomic E-state index is 0.0889. The highest BCUT2D eigenvalue weighted by Crippen LogP contribution is 2.20. The third-order valence-electron chi connectivity index (χ3n) is 3.15. The van der Waals surface area contributed by atoms with E-state index in [9.17, 15) is 4.79 Å². The van der Waals surface area contributed by atoms with E-state index in [0.717, 1.165) is 22.6 Å². The number of benzene rings is 2. The van der Waals surface area contributed by atoms with Gasteiger partial charge in [-0.25, -0.2) is 0 Å². The fourth-order valence-corrected chi connectivity index (χ4v) is 2.09. The Morgan fingerprint density at radius 2 is 1.90 bits per heavy atom. The van der Waals surface area contributed by atoms with Gasteiger partial charge in [-0.05, 0) is 43.2 Å². The predicted molar refractivity (Wildman–Crippen MR) is 86.1 cm³/mol. The van der Waals surface area contributed by atoms with E-state index in [-0.39, 0.29) is 5.91 Å². The van der Waals surface area contributed by atoms with Crippen LogP contribution in [0.5, 0.6) is 5.75 Å². The molecular formula is C17H18ClNO2. The van der Waals surface area contributed by atoms with Gasteiger partial charge in [0.2, 0.25) is 5.91 Å². The second kappa shape index (κ2) is 7.14. The highest BCUT2D eigenvalue weighted by Gasteiger charge is 2.06. The molecule has 2 aromatic carbocycles. The summed E-state index contributed by atoms with van der Waals surface area (Å²) in [6, 6.07) is 13.2. The van der Waals surface area contributed by atoms with Gasteiger partial charge in [0.1, 0.15) is 5.75 Å². The maximum absolute atomic E-state index is 11.9. The molecule has 110 valence electrons. The molecule has 0 bridgehead atoms. The Bertz CT molecular complexity index is 640. The van der Waals surface area contributed by atoms with Crippen molar-refractivity contribution in [1.29, 1.82) is 0 Å². The Balaban J connectivity index is 1.85. The number of nitrogens with one attached hydrogen (secondary N) is 1. The third kappa shape index (κ3) is 4.50. The predicted octanol–water partition coefficient (Wildman–Crippen LogP) is 4.36. The van der Waals surface area contributed by atoms with Crippen LogP contribution in [0.25, 0.3) is 0 Å². The molecule has 1 N–H and O–H groups in total. The fourth-order valence-electron chi connectivity index (χ4n) is 1.91. The number of rotatable bonds is 5. The van der Waals surface area contributed by atoms with Crippen molar-refractivity contribution in [3.8, 4) is 5.75 Å². The van der Waals surface area contributed by atoms with Gasteiger partial charge in [-0.1, -0.05) is 35.9 Å². The summed E-state index contributed by atoms with van der Waals surface area (Å²) in [4.78, 5) is 11.9. The molecule has 0 spiro atoms. The Kier molecular flexibility index (Phi) is 5.23. The summed E-state index contributed by atoms with van der Waals surface area (Å²) in [6.45, 7) is 4.25. The molecule has 0 aliphatic carbocycles. The highest BCUT2D eigenvalue weighted by molar-refractivity contribution is 6.31.